The maximum atomic E-state index is 13.2. The molecule has 2 aromatic carbocycles. The van der Waals surface area contributed by atoms with Gasteiger partial charge in [0, 0.05) is 34.3 Å². The Bertz CT molecular complexity index is 1080. The molecule has 0 spiro atoms. The molecule has 9 heteroatoms. The average molecular weight is 481 g/mol. The topological polar surface area (TPSA) is 75.7 Å². The van der Waals surface area contributed by atoms with Gasteiger partial charge in [0.05, 0.1) is 23.1 Å². The van der Waals surface area contributed by atoms with Gasteiger partial charge in [0.1, 0.15) is 0 Å². The quantitative estimate of drug-likeness (QED) is 0.712. The number of rotatable bonds is 4. The smallest absolute Gasteiger partial charge is 0.251 e. The first-order chi connectivity index (χ1) is 14.7. The number of sulfonamides is 1. The highest BCUT2D eigenvalue weighted by Crippen LogP contribution is 2.37. The molecule has 0 bridgehead atoms. The Morgan fingerprint density at radius 1 is 1.16 bits per heavy atom. The number of nitrogens with zero attached hydrogens (tertiary/aromatic N) is 1. The molecule has 1 amide bonds. The summed E-state index contributed by atoms with van der Waals surface area (Å²) >= 11 is 7.90. The Hall–Kier alpha value is -1.58. The maximum Gasteiger partial charge on any atom is 0.251 e. The third-order valence-electron chi connectivity index (χ3n) is 5.44. The van der Waals surface area contributed by atoms with E-state index in [9.17, 15) is 13.2 Å². The van der Waals surface area contributed by atoms with Gasteiger partial charge in [-0.1, -0.05) is 17.7 Å². The Labute approximate surface area is 192 Å². The number of halogens is 1. The second-order valence-corrected chi connectivity index (χ2v) is 11.5. The zero-order valence-corrected chi connectivity index (χ0v) is 19.8. The van der Waals surface area contributed by atoms with Crippen LogP contribution in [0.3, 0.4) is 0 Å². The van der Waals surface area contributed by atoms with E-state index >= 15 is 0 Å². The first kappa shape index (κ1) is 22.6. The predicted octanol–water partition coefficient (Wildman–Crippen LogP) is 4.10. The number of amides is 1. The van der Waals surface area contributed by atoms with Crippen molar-refractivity contribution in [3.63, 3.8) is 0 Å². The van der Waals surface area contributed by atoms with Crippen LogP contribution in [-0.4, -0.2) is 49.7 Å². The van der Waals surface area contributed by atoms with Crippen LogP contribution in [0.15, 0.2) is 52.3 Å². The summed E-state index contributed by atoms with van der Waals surface area (Å²) in [6.45, 7) is 4.30. The van der Waals surface area contributed by atoms with E-state index < -0.39 is 10.0 Å². The molecule has 2 heterocycles. The monoisotopic (exact) mass is 480 g/mol. The molecular formula is C22H25ClN2O4S2. The molecule has 0 saturated carbocycles. The first-order valence-electron chi connectivity index (χ1n) is 10.2. The molecule has 1 saturated heterocycles. The summed E-state index contributed by atoms with van der Waals surface area (Å²) in [6.07, 6.45) is 0.424. The van der Waals surface area contributed by atoms with E-state index in [4.69, 9.17) is 16.3 Å². The Morgan fingerprint density at radius 3 is 2.65 bits per heavy atom. The summed E-state index contributed by atoms with van der Waals surface area (Å²) in [5, 5.41) is 3.68. The molecule has 2 aliphatic heterocycles. The van der Waals surface area contributed by atoms with E-state index in [1.807, 2.05) is 32.0 Å². The van der Waals surface area contributed by atoms with Gasteiger partial charge in [-0.3, -0.25) is 4.79 Å². The van der Waals surface area contributed by atoms with Gasteiger partial charge in [-0.15, -0.1) is 11.8 Å². The van der Waals surface area contributed by atoms with Gasteiger partial charge in [0.25, 0.3) is 5.91 Å². The summed E-state index contributed by atoms with van der Waals surface area (Å²) in [4.78, 5) is 14.2. The molecule has 6 nitrogen and oxygen atoms in total. The molecule has 166 valence electrons. The Morgan fingerprint density at radius 2 is 1.90 bits per heavy atom. The van der Waals surface area contributed by atoms with Gasteiger partial charge < -0.3 is 10.1 Å². The third kappa shape index (κ3) is 4.93. The molecule has 1 fully saturated rings. The van der Waals surface area contributed by atoms with E-state index in [1.54, 1.807) is 23.9 Å². The summed E-state index contributed by atoms with van der Waals surface area (Å²) in [7, 11) is -3.72. The molecule has 0 unspecified atom stereocenters. The third-order valence-corrected chi connectivity index (χ3v) is 8.62. The molecule has 2 aliphatic rings. The second kappa shape index (κ2) is 9.11. The zero-order valence-electron chi connectivity index (χ0n) is 17.4. The molecule has 0 radical (unpaired) electrons. The van der Waals surface area contributed by atoms with E-state index in [0.717, 1.165) is 22.6 Å². The van der Waals surface area contributed by atoms with Crippen LogP contribution in [0.2, 0.25) is 5.02 Å². The number of morpholine rings is 1. The van der Waals surface area contributed by atoms with Gasteiger partial charge in [0.2, 0.25) is 10.0 Å². The highest BCUT2D eigenvalue weighted by Gasteiger charge is 2.32. The van der Waals surface area contributed by atoms with Crippen molar-refractivity contribution in [3.8, 4) is 0 Å². The number of carbonyl (C=O) groups excluding carboxylic acids is 1. The number of hydrogen-bond donors (Lipinski definition) is 1. The fourth-order valence-electron chi connectivity index (χ4n) is 4.03. The van der Waals surface area contributed by atoms with Crippen LogP contribution < -0.4 is 5.32 Å². The molecule has 4 rings (SSSR count). The van der Waals surface area contributed by atoms with E-state index in [-0.39, 0.29) is 29.1 Å². The maximum absolute atomic E-state index is 13.2. The lowest BCUT2D eigenvalue weighted by atomic mass is 10.0. The SMILES string of the molecule is C[C@@H]1CN(S(=O)(=O)c2cccc(C(=O)N[C@@H]3CCSc4ccc(Cl)cc43)c2)C[C@@H](C)O1. The lowest BCUT2D eigenvalue weighted by molar-refractivity contribution is -0.0440. The van der Waals surface area contributed by atoms with Gasteiger partial charge in [0.15, 0.2) is 0 Å². The molecule has 0 aliphatic carbocycles. The van der Waals surface area contributed by atoms with Crippen LogP contribution in [0.4, 0.5) is 0 Å². The standard InChI is InChI=1S/C22H25ClN2O4S2/c1-14-12-25(13-15(2)29-14)31(27,28)18-5-3-4-16(10-18)22(26)24-20-8-9-30-21-7-6-17(23)11-19(20)21/h3-7,10-11,14-15,20H,8-9,12-13H2,1-2H3,(H,24,26)/t14-,15-,20-/m1/s1. The van der Waals surface area contributed by atoms with Crippen molar-refractivity contribution in [1.82, 2.24) is 9.62 Å². The van der Waals surface area contributed by atoms with Crippen LogP contribution >= 0.6 is 23.4 Å². The largest absolute Gasteiger partial charge is 0.373 e. The average Bonchev–Trinajstić information content (AvgIpc) is 2.73. The minimum atomic E-state index is -3.72. The fraction of sp³-hybridized carbons (Fsp3) is 0.409. The first-order valence-corrected chi connectivity index (χ1v) is 13.0. The lowest BCUT2D eigenvalue weighted by Crippen LogP contribution is -2.48. The molecule has 31 heavy (non-hydrogen) atoms. The van der Waals surface area contributed by atoms with Crippen LogP contribution in [0.1, 0.15) is 42.2 Å². The summed E-state index contributed by atoms with van der Waals surface area (Å²) in [5.41, 5.74) is 1.31. The van der Waals surface area contributed by atoms with E-state index in [2.05, 4.69) is 5.32 Å². The number of thioether (sulfide) groups is 1. The van der Waals surface area contributed by atoms with Crippen molar-refractivity contribution in [2.75, 3.05) is 18.8 Å². The fourth-order valence-corrected chi connectivity index (χ4v) is 6.95. The predicted molar refractivity (Wildman–Crippen MR) is 122 cm³/mol. The Kier molecular flexibility index (Phi) is 6.65. The van der Waals surface area contributed by atoms with Gasteiger partial charge in [-0.05, 0) is 62.2 Å². The normalized spacial score (nSPS) is 24.4. The highest BCUT2D eigenvalue weighted by atomic mass is 35.5. The van der Waals surface area contributed by atoms with Crippen molar-refractivity contribution in [3.05, 3.63) is 58.6 Å². The molecular weight excluding hydrogens is 456 g/mol. The summed E-state index contributed by atoms with van der Waals surface area (Å²) in [6, 6.07) is 11.8. The molecule has 1 N–H and O–H groups in total. The molecule has 2 aromatic rings. The molecule has 3 atom stereocenters. The van der Waals surface area contributed by atoms with Gasteiger partial charge in [-0.25, -0.2) is 8.42 Å². The number of benzene rings is 2. The minimum absolute atomic E-state index is 0.115. The van der Waals surface area contributed by atoms with Crippen molar-refractivity contribution >= 4 is 39.3 Å². The number of nitrogens with one attached hydrogen (secondary N) is 1. The van der Waals surface area contributed by atoms with Gasteiger partial charge in [-0.2, -0.15) is 4.31 Å². The lowest BCUT2D eigenvalue weighted by Gasteiger charge is -2.34. The Balaban J connectivity index is 1.55. The van der Waals surface area contributed by atoms with Crippen molar-refractivity contribution in [1.29, 1.82) is 0 Å². The second-order valence-electron chi connectivity index (χ2n) is 7.95. The summed E-state index contributed by atoms with van der Waals surface area (Å²) in [5.74, 6) is 0.588. The minimum Gasteiger partial charge on any atom is -0.373 e. The van der Waals surface area contributed by atoms with E-state index in [1.165, 1.54) is 16.4 Å². The summed E-state index contributed by atoms with van der Waals surface area (Å²) < 4.78 is 33.4. The zero-order chi connectivity index (χ0) is 22.2. The van der Waals surface area contributed by atoms with Crippen molar-refractivity contribution in [2.24, 2.45) is 0 Å². The van der Waals surface area contributed by atoms with Gasteiger partial charge >= 0.3 is 0 Å². The van der Waals surface area contributed by atoms with Crippen LogP contribution in [-0.2, 0) is 14.8 Å². The van der Waals surface area contributed by atoms with Crippen LogP contribution in [0.25, 0.3) is 0 Å². The van der Waals surface area contributed by atoms with Crippen LogP contribution in [0.5, 0.6) is 0 Å². The molecule has 0 aromatic heterocycles. The highest BCUT2D eigenvalue weighted by molar-refractivity contribution is 7.99. The van der Waals surface area contributed by atoms with Crippen LogP contribution in [0, 0.1) is 0 Å². The number of fused-ring (bicyclic) bond motifs is 1. The number of hydrogen-bond acceptors (Lipinski definition) is 5. The number of carbonyl (C=O) groups is 1. The number of ether oxygens (including phenoxy) is 1. The van der Waals surface area contributed by atoms with Crippen molar-refractivity contribution < 1.29 is 17.9 Å². The van der Waals surface area contributed by atoms with E-state index in [0.29, 0.717) is 23.7 Å². The van der Waals surface area contributed by atoms with Crippen molar-refractivity contribution in [2.45, 2.75) is 48.3 Å².